The van der Waals surface area contributed by atoms with E-state index in [9.17, 15) is 14.4 Å². The third-order valence-corrected chi connectivity index (χ3v) is 5.62. The first-order chi connectivity index (χ1) is 15.5. The maximum Gasteiger partial charge on any atom is 0.407 e. The van der Waals surface area contributed by atoms with Crippen molar-refractivity contribution in [1.29, 1.82) is 0 Å². The van der Waals surface area contributed by atoms with Crippen LogP contribution in [0, 0.1) is 0 Å². The summed E-state index contributed by atoms with van der Waals surface area (Å²) in [5.74, 6) is -0.620. The summed E-state index contributed by atoms with van der Waals surface area (Å²) < 4.78 is 6.81. The zero-order valence-electron chi connectivity index (χ0n) is 17.8. The molecule has 0 saturated heterocycles. The molecule has 3 aromatic rings. The molecule has 1 aromatic heterocycles. The number of hydrogen-bond acceptors (Lipinski definition) is 5. The average Bonchev–Trinajstić information content (AvgIpc) is 3.36. The summed E-state index contributed by atoms with van der Waals surface area (Å²) in [6.45, 7) is 0.0457. The molecule has 0 spiro atoms. The van der Waals surface area contributed by atoms with E-state index in [-0.39, 0.29) is 19.1 Å². The van der Waals surface area contributed by atoms with Gasteiger partial charge in [0.25, 0.3) is 5.91 Å². The van der Waals surface area contributed by atoms with Gasteiger partial charge in [-0.2, -0.15) is 0 Å². The van der Waals surface area contributed by atoms with Gasteiger partial charge in [0, 0.05) is 25.4 Å². The molecule has 1 atom stereocenters. The Balaban J connectivity index is 1.47. The molecular formula is C23H24N4O5. The standard InChI is InChI=1S/C23H24N4O5/c1-26(31-2)21(28)20(13-27-12-11-24-22(27)29)25-23(30)32-14-19-17-9-5-3-7-15(17)16-8-4-6-10-18(16)19/h3-12,19-20H,13-14H2,1-2H3,(H,24,29)(H,25,30)/t20-/m0/s1. The number of imidazole rings is 1. The number of H-pyrrole nitrogens is 1. The highest BCUT2D eigenvalue weighted by molar-refractivity contribution is 5.85. The Morgan fingerprint density at radius 1 is 1.12 bits per heavy atom. The summed E-state index contributed by atoms with van der Waals surface area (Å²) in [6.07, 6.45) is 2.20. The van der Waals surface area contributed by atoms with E-state index < -0.39 is 23.7 Å². The number of alkyl carbamates (subject to hydrolysis) is 1. The number of ether oxygens (including phenoxy) is 1. The molecule has 0 fully saturated rings. The number of likely N-dealkylation sites (N-methyl/N-ethyl adjacent to an activating group) is 1. The smallest absolute Gasteiger partial charge is 0.407 e. The summed E-state index contributed by atoms with van der Waals surface area (Å²) >= 11 is 0. The zero-order chi connectivity index (χ0) is 22.7. The SMILES string of the molecule is CON(C)C(=O)[C@H](Cn1cc[nH]c1=O)NC(=O)OCC1c2ccccc2-c2ccccc21. The number of amides is 2. The summed E-state index contributed by atoms with van der Waals surface area (Å²) in [7, 11) is 2.76. The third kappa shape index (κ3) is 4.15. The Morgan fingerprint density at radius 2 is 1.75 bits per heavy atom. The van der Waals surface area contributed by atoms with Crippen LogP contribution in [0.25, 0.3) is 11.1 Å². The predicted octanol–water partition coefficient (Wildman–Crippen LogP) is 2.10. The van der Waals surface area contributed by atoms with Crippen LogP contribution in [0.5, 0.6) is 0 Å². The highest BCUT2D eigenvalue weighted by Crippen LogP contribution is 2.44. The van der Waals surface area contributed by atoms with Crippen LogP contribution in [-0.4, -0.2) is 53.4 Å². The molecule has 2 amide bonds. The zero-order valence-corrected chi connectivity index (χ0v) is 17.8. The number of benzene rings is 2. The van der Waals surface area contributed by atoms with Crippen LogP contribution < -0.4 is 11.0 Å². The quantitative estimate of drug-likeness (QED) is 0.552. The van der Waals surface area contributed by atoms with Gasteiger partial charge in [0.1, 0.15) is 12.6 Å². The van der Waals surface area contributed by atoms with Crippen molar-refractivity contribution in [2.24, 2.45) is 0 Å². The lowest BCUT2D eigenvalue weighted by atomic mass is 9.98. The average molecular weight is 436 g/mol. The molecule has 1 aliphatic rings. The first-order valence-electron chi connectivity index (χ1n) is 10.2. The van der Waals surface area contributed by atoms with Crippen molar-refractivity contribution in [2.75, 3.05) is 20.8 Å². The summed E-state index contributed by atoms with van der Waals surface area (Å²) in [6, 6.07) is 15.0. The van der Waals surface area contributed by atoms with Crippen LogP contribution >= 0.6 is 0 Å². The number of hydroxylamine groups is 2. The van der Waals surface area contributed by atoms with Crippen molar-refractivity contribution < 1.29 is 19.2 Å². The highest BCUT2D eigenvalue weighted by atomic mass is 16.7. The Hall–Kier alpha value is -3.85. The summed E-state index contributed by atoms with van der Waals surface area (Å²) in [5, 5.41) is 3.56. The number of nitrogens with zero attached hydrogens (tertiary/aromatic N) is 2. The van der Waals surface area contributed by atoms with Gasteiger partial charge in [-0.25, -0.2) is 14.7 Å². The molecule has 0 aliphatic heterocycles. The number of aromatic amines is 1. The number of carbonyl (C=O) groups excluding carboxylic acids is 2. The van der Waals surface area contributed by atoms with E-state index in [1.165, 1.54) is 31.1 Å². The fourth-order valence-electron chi connectivity index (χ4n) is 3.97. The van der Waals surface area contributed by atoms with E-state index in [1.54, 1.807) is 0 Å². The molecule has 2 aromatic carbocycles. The van der Waals surface area contributed by atoms with E-state index in [0.29, 0.717) is 0 Å². The maximum atomic E-state index is 12.6. The molecule has 166 valence electrons. The van der Waals surface area contributed by atoms with Gasteiger partial charge in [-0.1, -0.05) is 48.5 Å². The molecule has 1 aliphatic carbocycles. The normalized spacial score (nSPS) is 13.2. The van der Waals surface area contributed by atoms with Gasteiger partial charge in [-0.05, 0) is 22.3 Å². The third-order valence-electron chi connectivity index (χ3n) is 5.62. The molecule has 0 unspecified atom stereocenters. The molecule has 0 bridgehead atoms. The molecule has 1 heterocycles. The van der Waals surface area contributed by atoms with Crippen molar-refractivity contribution in [3.63, 3.8) is 0 Å². The molecule has 9 heteroatoms. The molecule has 9 nitrogen and oxygen atoms in total. The van der Waals surface area contributed by atoms with E-state index in [0.717, 1.165) is 27.3 Å². The van der Waals surface area contributed by atoms with E-state index >= 15 is 0 Å². The lowest BCUT2D eigenvalue weighted by molar-refractivity contribution is -0.171. The van der Waals surface area contributed by atoms with Crippen LogP contribution in [0.15, 0.2) is 65.7 Å². The highest BCUT2D eigenvalue weighted by Gasteiger charge is 2.30. The summed E-state index contributed by atoms with van der Waals surface area (Å²) in [4.78, 5) is 44.5. The van der Waals surface area contributed by atoms with Crippen molar-refractivity contribution in [3.05, 3.63) is 82.5 Å². The topological polar surface area (TPSA) is 106 Å². The Labute approximate surface area is 184 Å². The second-order valence-electron chi connectivity index (χ2n) is 7.46. The fraction of sp³-hybridized carbons (Fsp3) is 0.261. The monoisotopic (exact) mass is 436 g/mol. The van der Waals surface area contributed by atoms with Gasteiger partial charge in [0.2, 0.25) is 0 Å². The maximum absolute atomic E-state index is 12.6. The largest absolute Gasteiger partial charge is 0.449 e. The van der Waals surface area contributed by atoms with Crippen LogP contribution in [0.1, 0.15) is 17.0 Å². The minimum atomic E-state index is -1.05. The van der Waals surface area contributed by atoms with Crippen molar-refractivity contribution in [3.8, 4) is 11.1 Å². The Morgan fingerprint density at radius 3 is 2.31 bits per heavy atom. The van der Waals surface area contributed by atoms with Crippen LogP contribution in [0.2, 0.25) is 0 Å². The first-order valence-corrected chi connectivity index (χ1v) is 10.2. The lowest BCUT2D eigenvalue weighted by Crippen LogP contribution is -2.50. The van der Waals surface area contributed by atoms with E-state index in [4.69, 9.17) is 9.57 Å². The molecule has 2 N–H and O–H groups in total. The van der Waals surface area contributed by atoms with Crippen molar-refractivity contribution in [1.82, 2.24) is 19.9 Å². The van der Waals surface area contributed by atoms with Crippen molar-refractivity contribution in [2.45, 2.75) is 18.5 Å². The van der Waals surface area contributed by atoms with Gasteiger partial charge in [0.05, 0.1) is 13.7 Å². The van der Waals surface area contributed by atoms with Gasteiger partial charge in [0.15, 0.2) is 0 Å². The Bertz CT molecular complexity index is 1140. The number of fused-ring (bicyclic) bond motifs is 3. The fourth-order valence-corrected chi connectivity index (χ4v) is 3.97. The number of rotatable bonds is 7. The van der Waals surface area contributed by atoms with Gasteiger partial charge in [-0.3, -0.25) is 14.2 Å². The predicted molar refractivity (Wildman–Crippen MR) is 117 cm³/mol. The van der Waals surface area contributed by atoms with E-state index in [1.807, 2.05) is 36.4 Å². The number of carbonyl (C=O) groups is 2. The minimum Gasteiger partial charge on any atom is -0.449 e. The van der Waals surface area contributed by atoms with E-state index in [2.05, 4.69) is 22.4 Å². The van der Waals surface area contributed by atoms with Crippen molar-refractivity contribution >= 4 is 12.0 Å². The number of nitrogens with one attached hydrogen (secondary N) is 2. The second-order valence-corrected chi connectivity index (χ2v) is 7.46. The molecule has 32 heavy (non-hydrogen) atoms. The molecular weight excluding hydrogens is 412 g/mol. The molecule has 0 radical (unpaired) electrons. The minimum absolute atomic E-state index is 0.0704. The summed E-state index contributed by atoms with van der Waals surface area (Å²) in [5.41, 5.74) is 4.04. The lowest BCUT2D eigenvalue weighted by Gasteiger charge is -2.23. The number of aromatic nitrogens is 2. The molecule has 0 saturated carbocycles. The van der Waals surface area contributed by atoms with Gasteiger partial charge >= 0.3 is 11.8 Å². The second kappa shape index (κ2) is 9.11. The van der Waals surface area contributed by atoms with Crippen LogP contribution in [0.4, 0.5) is 4.79 Å². The van der Waals surface area contributed by atoms with Crippen LogP contribution in [0.3, 0.4) is 0 Å². The van der Waals surface area contributed by atoms with Gasteiger partial charge < -0.3 is 15.0 Å². The molecule has 4 rings (SSSR count). The number of hydrogen-bond donors (Lipinski definition) is 2. The van der Waals surface area contributed by atoms with Crippen LogP contribution in [-0.2, 0) is 20.9 Å². The Kier molecular flexibility index (Phi) is 6.09. The first kappa shape index (κ1) is 21.4. The van der Waals surface area contributed by atoms with Gasteiger partial charge in [-0.15, -0.1) is 0 Å².